The zero-order chi connectivity index (χ0) is 14.9. The lowest BCUT2D eigenvalue weighted by atomic mass is 10.0. The van der Waals surface area contributed by atoms with Crippen molar-refractivity contribution in [3.05, 3.63) is 41.2 Å². The number of alkyl halides is 3. The van der Waals surface area contributed by atoms with Gasteiger partial charge < -0.3 is 10.6 Å². The molecule has 110 valence electrons. The van der Waals surface area contributed by atoms with Crippen LogP contribution in [0.1, 0.15) is 24.9 Å². The van der Waals surface area contributed by atoms with Crippen molar-refractivity contribution in [2.24, 2.45) is 5.73 Å². The van der Waals surface area contributed by atoms with Crippen LogP contribution >= 0.6 is 0 Å². The Hall–Kier alpha value is -1.56. The van der Waals surface area contributed by atoms with Gasteiger partial charge in [-0.15, -0.1) is 0 Å². The van der Waals surface area contributed by atoms with Crippen molar-refractivity contribution in [3.8, 4) is 0 Å². The van der Waals surface area contributed by atoms with Crippen molar-refractivity contribution in [1.82, 2.24) is 0 Å². The van der Waals surface area contributed by atoms with Gasteiger partial charge in [-0.1, -0.05) is 6.08 Å². The Kier molecular flexibility index (Phi) is 4.04. The Labute approximate surface area is 114 Å². The molecule has 1 atom stereocenters. The molecule has 1 aromatic rings. The minimum Gasteiger partial charge on any atom is -0.367 e. The topological polar surface area (TPSA) is 29.3 Å². The second-order valence-corrected chi connectivity index (χ2v) is 4.91. The van der Waals surface area contributed by atoms with Crippen molar-refractivity contribution < 1.29 is 17.6 Å². The summed E-state index contributed by atoms with van der Waals surface area (Å²) in [5.41, 5.74) is 6.60. The molecule has 0 saturated carbocycles. The molecule has 2 nitrogen and oxygen atoms in total. The van der Waals surface area contributed by atoms with Crippen LogP contribution in [0.5, 0.6) is 0 Å². The van der Waals surface area contributed by atoms with Gasteiger partial charge in [-0.05, 0) is 37.1 Å². The third kappa shape index (κ3) is 3.12. The zero-order valence-corrected chi connectivity index (χ0v) is 11.0. The van der Waals surface area contributed by atoms with Gasteiger partial charge in [0.15, 0.2) is 0 Å². The summed E-state index contributed by atoms with van der Waals surface area (Å²) in [6, 6.07) is 3.82. The van der Waals surface area contributed by atoms with Crippen LogP contribution in [0.15, 0.2) is 29.8 Å². The van der Waals surface area contributed by atoms with Crippen molar-refractivity contribution in [2.75, 3.05) is 18.0 Å². The monoisotopic (exact) mass is 288 g/mol. The fourth-order valence-corrected chi connectivity index (χ4v) is 2.32. The molecule has 0 saturated heterocycles. The first-order chi connectivity index (χ1) is 9.29. The quantitative estimate of drug-likeness (QED) is 0.666. The first kappa shape index (κ1) is 14.8. The van der Waals surface area contributed by atoms with E-state index >= 15 is 0 Å². The number of halogens is 4. The molecule has 0 radical (unpaired) electrons. The predicted octanol–water partition coefficient (Wildman–Crippen LogP) is 3.54. The summed E-state index contributed by atoms with van der Waals surface area (Å²) in [6.45, 7) is 2.12. The molecule has 6 heteroatoms. The van der Waals surface area contributed by atoms with Crippen LogP contribution in [0, 0.1) is 5.82 Å². The summed E-state index contributed by atoms with van der Waals surface area (Å²) in [4.78, 5) is 1.79. The van der Waals surface area contributed by atoms with E-state index in [-0.39, 0.29) is 25.6 Å². The third-order valence-corrected chi connectivity index (χ3v) is 3.39. The number of hydrogen-bond acceptors (Lipinski definition) is 2. The van der Waals surface area contributed by atoms with E-state index in [4.69, 9.17) is 5.73 Å². The molecule has 0 amide bonds. The predicted molar refractivity (Wildman–Crippen MR) is 70.0 cm³/mol. The van der Waals surface area contributed by atoms with Crippen molar-refractivity contribution in [3.63, 3.8) is 0 Å². The molecule has 0 spiro atoms. The normalized spacial score (nSPS) is 17.9. The van der Waals surface area contributed by atoms with Crippen LogP contribution in [0.25, 0.3) is 0 Å². The van der Waals surface area contributed by atoms with Gasteiger partial charge in [-0.25, -0.2) is 4.39 Å². The SMILES string of the molecule is CC(N)c1cc(F)ccc1N1CC=C(C(F)(F)F)CC1. The zero-order valence-electron chi connectivity index (χ0n) is 11.0. The lowest BCUT2D eigenvalue weighted by Crippen LogP contribution is -2.33. The van der Waals surface area contributed by atoms with Crippen LogP contribution in [0.3, 0.4) is 0 Å². The second kappa shape index (κ2) is 5.44. The van der Waals surface area contributed by atoms with E-state index in [1.807, 2.05) is 0 Å². The number of rotatable bonds is 2. The highest BCUT2D eigenvalue weighted by Crippen LogP contribution is 2.33. The van der Waals surface area contributed by atoms with Gasteiger partial charge in [0.05, 0.1) is 0 Å². The van der Waals surface area contributed by atoms with Crippen LogP contribution in [-0.2, 0) is 0 Å². The van der Waals surface area contributed by atoms with Crippen molar-refractivity contribution in [1.29, 1.82) is 0 Å². The Bertz CT molecular complexity index is 520. The van der Waals surface area contributed by atoms with Gasteiger partial charge in [0.2, 0.25) is 0 Å². The second-order valence-electron chi connectivity index (χ2n) is 4.91. The standard InChI is InChI=1S/C14H16F4N2/c1-9(19)12-8-11(15)2-3-13(12)20-6-4-10(5-7-20)14(16,17)18/h2-4,8-9H,5-7,19H2,1H3. The lowest BCUT2D eigenvalue weighted by molar-refractivity contribution is -0.0943. The van der Waals surface area contributed by atoms with Gasteiger partial charge >= 0.3 is 6.18 Å². The number of nitrogens with two attached hydrogens (primary N) is 1. The highest BCUT2D eigenvalue weighted by molar-refractivity contribution is 5.56. The van der Waals surface area contributed by atoms with Crippen molar-refractivity contribution in [2.45, 2.75) is 25.6 Å². The van der Waals surface area contributed by atoms with E-state index < -0.39 is 17.6 Å². The molecule has 0 aromatic heterocycles. The summed E-state index contributed by atoms with van der Waals surface area (Å²) in [7, 11) is 0. The maximum atomic E-state index is 13.3. The van der Waals surface area contributed by atoms with E-state index in [1.165, 1.54) is 18.2 Å². The molecule has 2 N–H and O–H groups in total. The summed E-state index contributed by atoms with van der Waals surface area (Å²) in [5, 5.41) is 0. The Balaban J connectivity index is 2.25. The number of anilines is 1. The molecule has 0 aliphatic carbocycles. The van der Waals surface area contributed by atoms with Gasteiger partial charge in [0.1, 0.15) is 5.82 Å². The Morgan fingerprint density at radius 3 is 2.50 bits per heavy atom. The molecule has 1 unspecified atom stereocenters. The maximum absolute atomic E-state index is 13.3. The minimum absolute atomic E-state index is 0.0702. The lowest BCUT2D eigenvalue weighted by Gasteiger charge is -2.31. The third-order valence-electron chi connectivity index (χ3n) is 3.39. The average Bonchev–Trinajstić information content (AvgIpc) is 2.37. The van der Waals surface area contributed by atoms with E-state index in [9.17, 15) is 17.6 Å². The highest BCUT2D eigenvalue weighted by atomic mass is 19.4. The largest absolute Gasteiger partial charge is 0.412 e. The number of hydrogen-bond donors (Lipinski definition) is 1. The molecule has 0 bridgehead atoms. The summed E-state index contributed by atoms with van der Waals surface area (Å²) < 4.78 is 51.0. The average molecular weight is 288 g/mol. The van der Waals surface area contributed by atoms with Gasteiger partial charge in [0, 0.05) is 30.4 Å². The van der Waals surface area contributed by atoms with Crippen molar-refractivity contribution >= 4 is 5.69 Å². The molecule has 1 heterocycles. The van der Waals surface area contributed by atoms with Gasteiger partial charge in [-0.2, -0.15) is 13.2 Å². The minimum atomic E-state index is -4.27. The summed E-state index contributed by atoms with van der Waals surface area (Å²) in [6.07, 6.45) is -3.16. The highest BCUT2D eigenvalue weighted by Gasteiger charge is 2.35. The van der Waals surface area contributed by atoms with E-state index in [0.717, 1.165) is 0 Å². The van der Waals surface area contributed by atoms with Crippen LogP contribution in [-0.4, -0.2) is 19.3 Å². The van der Waals surface area contributed by atoms with Gasteiger partial charge in [0.25, 0.3) is 0 Å². The Morgan fingerprint density at radius 2 is 2.00 bits per heavy atom. The van der Waals surface area contributed by atoms with E-state index in [1.54, 1.807) is 17.9 Å². The molecule has 1 aliphatic rings. The first-order valence-corrected chi connectivity index (χ1v) is 6.35. The number of benzene rings is 1. The van der Waals surface area contributed by atoms with Crippen LogP contribution in [0.4, 0.5) is 23.2 Å². The van der Waals surface area contributed by atoms with Crippen LogP contribution < -0.4 is 10.6 Å². The number of nitrogens with zero attached hydrogens (tertiary/aromatic N) is 1. The van der Waals surface area contributed by atoms with E-state index in [2.05, 4.69) is 0 Å². The maximum Gasteiger partial charge on any atom is 0.412 e. The molecule has 1 aromatic carbocycles. The first-order valence-electron chi connectivity index (χ1n) is 6.35. The fraction of sp³-hybridized carbons (Fsp3) is 0.429. The molecular weight excluding hydrogens is 272 g/mol. The molecule has 2 rings (SSSR count). The molecule has 1 aliphatic heterocycles. The summed E-state index contributed by atoms with van der Waals surface area (Å²) in [5.74, 6) is -0.399. The van der Waals surface area contributed by atoms with Crippen LogP contribution in [0.2, 0.25) is 0 Å². The van der Waals surface area contributed by atoms with E-state index in [0.29, 0.717) is 11.3 Å². The van der Waals surface area contributed by atoms with Gasteiger partial charge in [-0.3, -0.25) is 0 Å². The summed E-state index contributed by atoms with van der Waals surface area (Å²) >= 11 is 0. The molecular formula is C14H16F4N2. The Morgan fingerprint density at radius 1 is 1.30 bits per heavy atom. The smallest absolute Gasteiger partial charge is 0.367 e. The fourth-order valence-electron chi connectivity index (χ4n) is 2.32. The molecule has 20 heavy (non-hydrogen) atoms. The molecule has 0 fully saturated rings.